The molecule has 1 aromatic heterocycles. The van der Waals surface area contributed by atoms with Gasteiger partial charge in [-0.2, -0.15) is 0 Å². The topological polar surface area (TPSA) is 64.4 Å². The summed E-state index contributed by atoms with van der Waals surface area (Å²) in [6, 6.07) is 5.26. The Morgan fingerprint density at radius 1 is 1.62 bits per heavy atom. The lowest BCUT2D eigenvalue weighted by Crippen LogP contribution is -2.08. The first kappa shape index (κ1) is 10.8. The van der Waals surface area contributed by atoms with Crippen molar-refractivity contribution >= 4 is 28.6 Å². The van der Waals surface area contributed by atoms with Crippen molar-refractivity contribution in [1.82, 2.24) is 9.55 Å². The van der Waals surface area contributed by atoms with Crippen LogP contribution in [0, 0.1) is 0 Å². The highest BCUT2D eigenvalue weighted by atomic mass is 35.5. The molecule has 0 atom stereocenters. The van der Waals surface area contributed by atoms with Crippen molar-refractivity contribution in [1.29, 1.82) is 0 Å². The molecule has 0 unspecified atom stereocenters. The predicted octanol–water partition coefficient (Wildman–Crippen LogP) is 1.78. The maximum atomic E-state index is 10.7. The lowest BCUT2D eigenvalue weighted by Gasteiger charge is -2.02. The third kappa shape index (κ3) is 1.69. The van der Waals surface area contributed by atoms with Crippen LogP contribution in [0.3, 0.4) is 0 Å². The molecule has 1 aromatic carbocycles. The average molecular weight is 241 g/mol. The molecule has 6 heteroatoms. The molecule has 0 spiro atoms. The van der Waals surface area contributed by atoms with E-state index >= 15 is 0 Å². The third-order valence-corrected chi connectivity index (χ3v) is 2.50. The Morgan fingerprint density at radius 2 is 2.38 bits per heavy atom. The molecule has 0 radical (unpaired) electrons. The van der Waals surface area contributed by atoms with Crippen molar-refractivity contribution in [2.24, 2.45) is 0 Å². The Balaban J connectivity index is 2.66. The van der Waals surface area contributed by atoms with Crippen LogP contribution in [0.1, 0.15) is 0 Å². The fraction of sp³-hybridized carbons (Fsp3) is 0.200. The molecule has 0 bridgehead atoms. The number of halogens is 1. The van der Waals surface area contributed by atoms with Gasteiger partial charge in [0.05, 0.1) is 12.6 Å². The van der Waals surface area contributed by atoms with Crippen LogP contribution in [0.15, 0.2) is 18.2 Å². The largest absolute Gasteiger partial charge is 0.494 e. The molecule has 0 aliphatic heterocycles. The van der Waals surface area contributed by atoms with Crippen molar-refractivity contribution < 1.29 is 14.6 Å². The number of ether oxygens (including phenoxy) is 1. The molecule has 16 heavy (non-hydrogen) atoms. The van der Waals surface area contributed by atoms with Crippen molar-refractivity contribution in [2.75, 3.05) is 7.11 Å². The molecule has 0 aliphatic rings. The zero-order valence-corrected chi connectivity index (χ0v) is 9.23. The zero-order chi connectivity index (χ0) is 11.7. The van der Waals surface area contributed by atoms with Crippen LogP contribution in [-0.2, 0) is 11.3 Å². The molecule has 1 N–H and O–H groups in total. The lowest BCUT2D eigenvalue weighted by molar-refractivity contribution is -0.137. The molecular weight excluding hydrogens is 232 g/mol. The molecule has 5 nitrogen and oxygen atoms in total. The van der Waals surface area contributed by atoms with Gasteiger partial charge < -0.3 is 14.4 Å². The van der Waals surface area contributed by atoms with E-state index in [1.165, 1.54) is 11.7 Å². The maximum Gasteiger partial charge on any atom is 0.323 e. The summed E-state index contributed by atoms with van der Waals surface area (Å²) in [6.07, 6.45) is 0. The van der Waals surface area contributed by atoms with Crippen LogP contribution < -0.4 is 4.74 Å². The number of imidazole rings is 1. The number of carbonyl (C=O) groups is 1. The smallest absolute Gasteiger partial charge is 0.323 e. The molecule has 2 rings (SSSR count). The van der Waals surface area contributed by atoms with E-state index in [0.29, 0.717) is 16.8 Å². The Bertz CT molecular complexity index is 550. The zero-order valence-electron chi connectivity index (χ0n) is 8.48. The van der Waals surface area contributed by atoms with E-state index in [0.717, 1.165) is 0 Å². The molecule has 0 saturated carbocycles. The van der Waals surface area contributed by atoms with Crippen molar-refractivity contribution in [3.8, 4) is 5.75 Å². The second-order valence-electron chi connectivity index (χ2n) is 3.19. The third-order valence-electron chi connectivity index (χ3n) is 2.21. The van der Waals surface area contributed by atoms with Crippen LogP contribution in [0.5, 0.6) is 5.75 Å². The van der Waals surface area contributed by atoms with Crippen molar-refractivity contribution in [2.45, 2.75) is 6.54 Å². The summed E-state index contributed by atoms with van der Waals surface area (Å²) in [5.41, 5.74) is 1.21. The summed E-state index contributed by atoms with van der Waals surface area (Å²) in [6.45, 7) is -0.220. The summed E-state index contributed by atoms with van der Waals surface area (Å²) >= 11 is 5.87. The van der Waals surface area contributed by atoms with E-state index in [-0.39, 0.29) is 11.8 Å². The highest BCUT2D eigenvalue weighted by Crippen LogP contribution is 2.27. The number of rotatable bonds is 3. The fourth-order valence-electron chi connectivity index (χ4n) is 1.54. The summed E-state index contributed by atoms with van der Waals surface area (Å²) in [5.74, 6) is -0.396. The second kappa shape index (κ2) is 4.02. The number of aliphatic carboxylic acids is 1. The van der Waals surface area contributed by atoms with Gasteiger partial charge in [-0.15, -0.1) is 0 Å². The number of benzene rings is 1. The summed E-state index contributed by atoms with van der Waals surface area (Å²) in [7, 11) is 1.53. The number of hydrogen-bond donors (Lipinski definition) is 1. The molecule has 0 saturated heterocycles. The van der Waals surface area contributed by atoms with Gasteiger partial charge in [0, 0.05) is 0 Å². The maximum absolute atomic E-state index is 10.7. The van der Waals surface area contributed by atoms with Crippen LogP contribution in [-0.4, -0.2) is 27.7 Å². The molecule has 0 amide bonds. The number of nitrogens with zero attached hydrogens (tertiary/aromatic N) is 2. The molecular formula is C10H9ClN2O3. The SMILES string of the molecule is COc1cccc2c1nc(Cl)n2CC(=O)O. The van der Waals surface area contributed by atoms with Gasteiger partial charge in [-0.25, -0.2) is 4.98 Å². The average Bonchev–Trinajstić information content (AvgIpc) is 2.55. The van der Waals surface area contributed by atoms with E-state index in [1.54, 1.807) is 18.2 Å². The van der Waals surface area contributed by atoms with Gasteiger partial charge in [0.15, 0.2) is 0 Å². The minimum Gasteiger partial charge on any atom is -0.494 e. The van der Waals surface area contributed by atoms with Gasteiger partial charge >= 0.3 is 5.97 Å². The fourth-order valence-corrected chi connectivity index (χ4v) is 1.78. The number of para-hydroxylation sites is 1. The van der Waals surface area contributed by atoms with Crippen LogP contribution in [0.4, 0.5) is 0 Å². The second-order valence-corrected chi connectivity index (χ2v) is 3.53. The first-order chi connectivity index (χ1) is 7.63. The van der Waals surface area contributed by atoms with Gasteiger partial charge in [-0.05, 0) is 23.7 Å². The highest BCUT2D eigenvalue weighted by Gasteiger charge is 2.14. The van der Waals surface area contributed by atoms with E-state index in [9.17, 15) is 4.79 Å². The van der Waals surface area contributed by atoms with Gasteiger partial charge in [0.25, 0.3) is 0 Å². The molecule has 84 valence electrons. The Morgan fingerprint density at radius 3 is 3.00 bits per heavy atom. The van der Waals surface area contributed by atoms with Gasteiger partial charge in [-0.1, -0.05) is 6.07 Å². The van der Waals surface area contributed by atoms with Crippen LogP contribution in [0.2, 0.25) is 5.28 Å². The van der Waals surface area contributed by atoms with Crippen LogP contribution in [0.25, 0.3) is 11.0 Å². The number of methoxy groups -OCH3 is 1. The Kier molecular flexibility index (Phi) is 2.70. The quantitative estimate of drug-likeness (QED) is 0.888. The first-order valence-corrected chi connectivity index (χ1v) is 4.92. The molecule has 0 fully saturated rings. The number of aromatic nitrogens is 2. The molecule has 0 aliphatic carbocycles. The van der Waals surface area contributed by atoms with Gasteiger partial charge in [0.2, 0.25) is 5.28 Å². The number of hydrogen-bond acceptors (Lipinski definition) is 3. The number of fused-ring (bicyclic) bond motifs is 1. The normalized spacial score (nSPS) is 10.6. The first-order valence-electron chi connectivity index (χ1n) is 4.54. The molecule has 1 heterocycles. The Hall–Kier alpha value is -1.75. The molecule has 2 aromatic rings. The number of carboxylic acid groups (broad SMARTS) is 1. The predicted molar refractivity (Wildman–Crippen MR) is 58.9 cm³/mol. The standard InChI is InChI=1S/C10H9ClN2O3/c1-16-7-4-2-3-6-9(7)12-10(11)13(6)5-8(14)15/h2-4H,5H2,1H3,(H,14,15). The van der Waals surface area contributed by atoms with E-state index < -0.39 is 5.97 Å². The minimum absolute atomic E-state index is 0.141. The van der Waals surface area contributed by atoms with E-state index in [4.69, 9.17) is 21.4 Å². The van der Waals surface area contributed by atoms with Gasteiger partial charge in [-0.3, -0.25) is 4.79 Å². The van der Waals surface area contributed by atoms with Crippen molar-refractivity contribution in [3.63, 3.8) is 0 Å². The summed E-state index contributed by atoms with van der Waals surface area (Å²) in [4.78, 5) is 14.8. The van der Waals surface area contributed by atoms with E-state index in [1.807, 2.05) is 0 Å². The van der Waals surface area contributed by atoms with E-state index in [2.05, 4.69) is 4.98 Å². The van der Waals surface area contributed by atoms with Crippen LogP contribution >= 0.6 is 11.6 Å². The van der Waals surface area contributed by atoms with Gasteiger partial charge in [0.1, 0.15) is 17.8 Å². The minimum atomic E-state index is -0.969. The highest BCUT2D eigenvalue weighted by molar-refractivity contribution is 6.29. The monoisotopic (exact) mass is 240 g/mol. The summed E-state index contributed by atoms with van der Waals surface area (Å²) in [5, 5.41) is 8.90. The van der Waals surface area contributed by atoms with Crippen molar-refractivity contribution in [3.05, 3.63) is 23.5 Å². The Labute approximate surface area is 96.2 Å². The lowest BCUT2D eigenvalue weighted by atomic mass is 10.3. The number of carboxylic acids is 1. The summed E-state index contributed by atoms with van der Waals surface area (Å²) < 4.78 is 6.54.